The molecule has 1 heteroatoms. The normalized spacial score (nSPS) is 13.0. The van der Waals surface area contributed by atoms with E-state index in [0.717, 1.165) is 6.54 Å². The highest BCUT2D eigenvalue weighted by Crippen LogP contribution is 2.23. The van der Waals surface area contributed by atoms with Gasteiger partial charge in [0.15, 0.2) is 0 Å². The van der Waals surface area contributed by atoms with Gasteiger partial charge in [-0.25, -0.2) is 0 Å². The van der Waals surface area contributed by atoms with Gasteiger partial charge in [-0.2, -0.15) is 0 Å². The molecule has 0 aliphatic heterocycles. The molecule has 0 saturated heterocycles. The Morgan fingerprint density at radius 2 is 1.77 bits per heavy atom. The second-order valence-corrected chi connectivity index (χ2v) is 3.86. The van der Waals surface area contributed by atoms with E-state index in [2.05, 4.69) is 39.8 Å². The van der Waals surface area contributed by atoms with Gasteiger partial charge in [0.05, 0.1) is 0 Å². The maximum absolute atomic E-state index is 5.66. The lowest BCUT2D eigenvalue weighted by atomic mass is 9.91. The fraction of sp³-hybridized carbons (Fsp3) is 0.500. The third-order valence-corrected chi connectivity index (χ3v) is 2.98. The summed E-state index contributed by atoms with van der Waals surface area (Å²) in [5.41, 5.74) is 11.2. The maximum atomic E-state index is 5.66. The molecule has 0 fully saturated rings. The molecule has 0 spiro atoms. The Morgan fingerprint density at radius 3 is 2.31 bits per heavy atom. The standard InChI is InChI=1S/C12H19N/c1-8-5-6-12(9(2)7-13)11(4)10(8)3/h5-6,9H,7,13H2,1-4H3. The Kier molecular flexibility index (Phi) is 3.10. The van der Waals surface area contributed by atoms with E-state index in [0.29, 0.717) is 5.92 Å². The SMILES string of the molecule is Cc1ccc(C(C)CN)c(C)c1C. The Balaban J connectivity index is 3.18. The highest BCUT2D eigenvalue weighted by molar-refractivity contribution is 5.40. The number of hydrogen-bond donors (Lipinski definition) is 1. The summed E-state index contributed by atoms with van der Waals surface area (Å²) in [5.74, 6) is 0.472. The number of hydrogen-bond acceptors (Lipinski definition) is 1. The minimum atomic E-state index is 0.472. The predicted molar refractivity (Wildman–Crippen MR) is 58.1 cm³/mol. The van der Waals surface area contributed by atoms with Crippen LogP contribution < -0.4 is 5.73 Å². The number of rotatable bonds is 2. The third-order valence-electron chi connectivity index (χ3n) is 2.98. The number of nitrogens with two attached hydrogens (primary N) is 1. The summed E-state index contributed by atoms with van der Waals surface area (Å²) in [4.78, 5) is 0. The molecule has 0 aliphatic carbocycles. The summed E-state index contributed by atoms with van der Waals surface area (Å²) in [5, 5.41) is 0. The highest BCUT2D eigenvalue weighted by atomic mass is 14.5. The average molecular weight is 177 g/mol. The molecule has 2 N–H and O–H groups in total. The molecular weight excluding hydrogens is 158 g/mol. The van der Waals surface area contributed by atoms with Gasteiger partial charge >= 0.3 is 0 Å². The second kappa shape index (κ2) is 3.93. The molecule has 1 aromatic carbocycles. The quantitative estimate of drug-likeness (QED) is 0.738. The average Bonchev–Trinajstić information content (AvgIpc) is 2.13. The molecule has 0 amide bonds. The molecule has 0 bridgehead atoms. The van der Waals surface area contributed by atoms with Crippen molar-refractivity contribution in [2.75, 3.05) is 6.54 Å². The van der Waals surface area contributed by atoms with Crippen molar-refractivity contribution in [3.63, 3.8) is 0 Å². The topological polar surface area (TPSA) is 26.0 Å². The summed E-state index contributed by atoms with van der Waals surface area (Å²) in [6.07, 6.45) is 0. The molecule has 0 saturated carbocycles. The number of benzene rings is 1. The lowest BCUT2D eigenvalue weighted by molar-refractivity contribution is 0.766. The third kappa shape index (κ3) is 1.92. The highest BCUT2D eigenvalue weighted by Gasteiger charge is 2.08. The van der Waals surface area contributed by atoms with Gasteiger partial charge in [0, 0.05) is 0 Å². The van der Waals surface area contributed by atoms with Crippen molar-refractivity contribution >= 4 is 0 Å². The van der Waals surface area contributed by atoms with Gasteiger partial charge in [-0.05, 0) is 55.5 Å². The van der Waals surface area contributed by atoms with E-state index in [1.54, 1.807) is 0 Å². The van der Waals surface area contributed by atoms with Crippen LogP contribution in [0.3, 0.4) is 0 Å². The van der Waals surface area contributed by atoms with Crippen LogP contribution in [0.5, 0.6) is 0 Å². The predicted octanol–water partition coefficient (Wildman–Crippen LogP) is 2.67. The van der Waals surface area contributed by atoms with E-state index in [-0.39, 0.29) is 0 Å². The van der Waals surface area contributed by atoms with Crippen molar-refractivity contribution in [2.24, 2.45) is 5.73 Å². The van der Waals surface area contributed by atoms with Gasteiger partial charge in [-0.3, -0.25) is 0 Å². The van der Waals surface area contributed by atoms with E-state index in [9.17, 15) is 0 Å². The van der Waals surface area contributed by atoms with Gasteiger partial charge in [-0.1, -0.05) is 19.1 Å². The van der Waals surface area contributed by atoms with Crippen molar-refractivity contribution in [1.82, 2.24) is 0 Å². The smallest absolute Gasteiger partial charge is 0.00108 e. The van der Waals surface area contributed by atoms with Crippen LogP contribution in [0, 0.1) is 20.8 Å². The fourth-order valence-electron chi connectivity index (χ4n) is 1.64. The monoisotopic (exact) mass is 177 g/mol. The lowest BCUT2D eigenvalue weighted by Gasteiger charge is -2.15. The van der Waals surface area contributed by atoms with Crippen LogP contribution in [0.15, 0.2) is 12.1 Å². The first-order valence-corrected chi connectivity index (χ1v) is 4.84. The van der Waals surface area contributed by atoms with Crippen LogP contribution in [0.25, 0.3) is 0 Å². The zero-order chi connectivity index (χ0) is 10.0. The first-order chi connectivity index (χ1) is 6.07. The van der Waals surface area contributed by atoms with Crippen molar-refractivity contribution in [3.8, 4) is 0 Å². The summed E-state index contributed by atoms with van der Waals surface area (Å²) < 4.78 is 0. The van der Waals surface area contributed by atoms with E-state index in [1.807, 2.05) is 0 Å². The van der Waals surface area contributed by atoms with Crippen LogP contribution in [0.4, 0.5) is 0 Å². The molecule has 1 nitrogen and oxygen atoms in total. The lowest BCUT2D eigenvalue weighted by Crippen LogP contribution is -2.10. The van der Waals surface area contributed by atoms with Gasteiger partial charge in [0.1, 0.15) is 0 Å². The van der Waals surface area contributed by atoms with Gasteiger partial charge in [0.2, 0.25) is 0 Å². The Labute approximate surface area is 81.0 Å². The van der Waals surface area contributed by atoms with Crippen LogP contribution in [-0.4, -0.2) is 6.54 Å². The zero-order valence-electron chi connectivity index (χ0n) is 9.02. The van der Waals surface area contributed by atoms with Crippen LogP contribution in [-0.2, 0) is 0 Å². The van der Waals surface area contributed by atoms with E-state index in [4.69, 9.17) is 5.73 Å². The molecule has 1 rings (SSSR count). The molecule has 72 valence electrons. The van der Waals surface area contributed by atoms with Crippen molar-refractivity contribution in [2.45, 2.75) is 33.6 Å². The molecule has 1 atom stereocenters. The van der Waals surface area contributed by atoms with Gasteiger partial charge < -0.3 is 5.73 Å². The summed E-state index contributed by atoms with van der Waals surface area (Å²) >= 11 is 0. The Hall–Kier alpha value is -0.820. The molecule has 0 aromatic heterocycles. The molecule has 0 radical (unpaired) electrons. The van der Waals surface area contributed by atoms with Crippen LogP contribution >= 0.6 is 0 Å². The van der Waals surface area contributed by atoms with E-state index in [1.165, 1.54) is 22.3 Å². The minimum absolute atomic E-state index is 0.472. The molecule has 13 heavy (non-hydrogen) atoms. The summed E-state index contributed by atoms with van der Waals surface area (Å²) in [6, 6.07) is 4.39. The molecule has 1 unspecified atom stereocenters. The van der Waals surface area contributed by atoms with E-state index >= 15 is 0 Å². The Morgan fingerprint density at radius 1 is 1.15 bits per heavy atom. The summed E-state index contributed by atoms with van der Waals surface area (Å²) in [7, 11) is 0. The van der Waals surface area contributed by atoms with Crippen molar-refractivity contribution in [1.29, 1.82) is 0 Å². The zero-order valence-corrected chi connectivity index (χ0v) is 9.02. The van der Waals surface area contributed by atoms with E-state index < -0.39 is 0 Å². The molecule has 1 aromatic rings. The summed E-state index contributed by atoms with van der Waals surface area (Å²) in [6.45, 7) is 9.42. The first-order valence-electron chi connectivity index (χ1n) is 4.84. The fourth-order valence-corrected chi connectivity index (χ4v) is 1.64. The van der Waals surface area contributed by atoms with Crippen LogP contribution in [0.2, 0.25) is 0 Å². The van der Waals surface area contributed by atoms with Gasteiger partial charge in [-0.15, -0.1) is 0 Å². The van der Waals surface area contributed by atoms with Crippen LogP contribution in [0.1, 0.15) is 35.1 Å². The first kappa shape index (κ1) is 10.3. The largest absolute Gasteiger partial charge is 0.330 e. The van der Waals surface area contributed by atoms with Gasteiger partial charge in [0.25, 0.3) is 0 Å². The second-order valence-electron chi connectivity index (χ2n) is 3.86. The van der Waals surface area contributed by atoms with Crippen molar-refractivity contribution in [3.05, 3.63) is 34.4 Å². The molecule has 0 heterocycles. The van der Waals surface area contributed by atoms with Crippen molar-refractivity contribution < 1.29 is 0 Å². The molecular formula is C12H19N. The minimum Gasteiger partial charge on any atom is -0.330 e. The number of aryl methyl sites for hydroxylation is 1. The maximum Gasteiger partial charge on any atom is -0.00108 e. The Bertz CT molecular complexity index is 302. The molecule has 0 aliphatic rings.